The first-order valence-electron chi connectivity index (χ1n) is 5.26. The van der Waals surface area contributed by atoms with Crippen molar-refractivity contribution in [1.29, 1.82) is 0 Å². The second-order valence-electron chi connectivity index (χ2n) is 4.42. The Labute approximate surface area is 94.3 Å². The van der Waals surface area contributed by atoms with E-state index in [0.717, 1.165) is 4.74 Å². The summed E-state index contributed by atoms with van der Waals surface area (Å²) in [5.41, 5.74) is 0. The van der Waals surface area contributed by atoms with E-state index in [2.05, 4.69) is 0 Å². The summed E-state index contributed by atoms with van der Waals surface area (Å²) < 4.78 is 22.0. The van der Waals surface area contributed by atoms with Crippen molar-refractivity contribution in [3.05, 3.63) is 5.21 Å². The number of hydrogen-bond acceptors (Lipinski definition) is 5. The van der Waals surface area contributed by atoms with Gasteiger partial charge in [0, 0.05) is 7.11 Å². The molecule has 0 aliphatic carbocycles. The summed E-state index contributed by atoms with van der Waals surface area (Å²) >= 11 is 0. The van der Waals surface area contributed by atoms with E-state index in [1.165, 1.54) is 13.3 Å². The summed E-state index contributed by atoms with van der Waals surface area (Å²) in [4.78, 5) is 0. The third kappa shape index (κ3) is 2.20. The normalized spacial score (nSPS) is 36.2. The number of rotatable bonds is 4. The van der Waals surface area contributed by atoms with Gasteiger partial charge in [-0.15, -0.1) is 0 Å². The maximum absolute atomic E-state index is 11.6. The monoisotopic (exact) mass is 231 g/mol. The third-order valence-corrected chi connectivity index (χ3v) is 2.65. The summed E-state index contributed by atoms with van der Waals surface area (Å²) in [7, 11) is 1.54. The molecule has 3 atom stereocenters. The van der Waals surface area contributed by atoms with Gasteiger partial charge in [-0.3, -0.25) is 0 Å². The Morgan fingerprint density at radius 3 is 2.88 bits per heavy atom. The van der Waals surface area contributed by atoms with Crippen LogP contribution in [0.15, 0.2) is 0 Å². The molecule has 0 aromatic rings. The number of hydrogen-bond donors (Lipinski definition) is 0. The van der Waals surface area contributed by atoms with Crippen molar-refractivity contribution in [1.82, 2.24) is 0 Å². The van der Waals surface area contributed by atoms with Crippen LogP contribution in [0.4, 0.5) is 0 Å². The van der Waals surface area contributed by atoms with Gasteiger partial charge < -0.3 is 24.2 Å². The average molecular weight is 231 g/mol. The molecule has 2 rings (SSSR count). The summed E-state index contributed by atoms with van der Waals surface area (Å²) in [5.74, 6) is -0.632. The summed E-state index contributed by atoms with van der Waals surface area (Å²) in [6.45, 7) is 4.11. The number of hydroxylamine groups is 1. The summed E-state index contributed by atoms with van der Waals surface area (Å²) in [6.07, 6.45) is 0.966. The Bertz CT molecular complexity index is 291. The molecule has 0 spiro atoms. The quantitative estimate of drug-likeness (QED) is 0.297. The van der Waals surface area contributed by atoms with E-state index < -0.39 is 5.79 Å². The smallest absolute Gasteiger partial charge is 0.215 e. The first kappa shape index (κ1) is 11.8. The van der Waals surface area contributed by atoms with Gasteiger partial charge in [0.2, 0.25) is 6.04 Å². The van der Waals surface area contributed by atoms with Gasteiger partial charge >= 0.3 is 0 Å². The van der Waals surface area contributed by atoms with Gasteiger partial charge in [-0.1, -0.05) is 0 Å². The largest absolute Gasteiger partial charge is 0.624 e. The van der Waals surface area contributed by atoms with E-state index in [-0.39, 0.29) is 31.6 Å². The second-order valence-corrected chi connectivity index (χ2v) is 4.42. The predicted octanol–water partition coefficient (Wildman–Crippen LogP) is 0.0903. The molecule has 0 radical (unpaired) electrons. The molecule has 6 nitrogen and oxygen atoms in total. The molecule has 0 aromatic carbocycles. The molecular weight excluding hydrogens is 214 g/mol. The van der Waals surface area contributed by atoms with E-state index in [4.69, 9.17) is 18.9 Å². The van der Waals surface area contributed by atoms with Gasteiger partial charge in [0.1, 0.15) is 13.4 Å². The molecule has 2 heterocycles. The van der Waals surface area contributed by atoms with Gasteiger partial charge in [0.05, 0.1) is 0 Å². The number of nitrogens with zero attached hydrogens (tertiary/aromatic N) is 1. The van der Waals surface area contributed by atoms with E-state index >= 15 is 0 Å². The zero-order chi connectivity index (χ0) is 11.8. The Balaban J connectivity index is 1.96. The van der Waals surface area contributed by atoms with E-state index in [1.807, 2.05) is 13.8 Å². The molecule has 0 N–H and O–H groups in total. The van der Waals surface area contributed by atoms with Crippen LogP contribution in [0.3, 0.4) is 0 Å². The molecule has 1 saturated heterocycles. The fourth-order valence-corrected chi connectivity index (χ4v) is 2.05. The first-order chi connectivity index (χ1) is 7.53. The predicted molar refractivity (Wildman–Crippen MR) is 55.1 cm³/mol. The van der Waals surface area contributed by atoms with Crippen molar-refractivity contribution in [3.63, 3.8) is 0 Å². The van der Waals surface area contributed by atoms with Gasteiger partial charge in [0.15, 0.2) is 24.2 Å². The Kier molecular flexibility index (Phi) is 3.16. The lowest BCUT2D eigenvalue weighted by Gasteiger charge is -2.21. The van der Waals surface area contributed by atoms with Crippen molar-refractivity contribution in [2.45, 2.75) is 37.9 Å². The minimum absolute atomic E-state index is 0.173. The topological polar surface area (TPSA) is 63.0 Å². The maximum atomic E-state index is 11.6. The SMILES string of the molecule is COCOC[C@H]1[C@@H]2OC(C)(C)O[C@@H]2C=[N+]1[O-]. The molecule has 1 fully saturated rings. The maximum Gasteiger partial charge on any atom is 0.215 e. The molecule has 0 saturated carbocycles. The van der Waals surface area contributed by atoms with Crippen LogP contribution in [0.2, 0.25) is 0 Å². The van der Waals surface area contributed by atoms with Crippen LogP contribution in [-0.2, 0) is 18.9 Å². The lowest BCUT2D eigenvalue weighted by atomic mass is 10.1. The lowest BCUT2D eigenvalue weighted by Crippen LogP contribution is -2.38. The first-order valence-corrected chi connectivity index (χ1v) is 5.26. The van der Waals surface area contributed by atoms with Crippen molar-refractivity contribution in [2.24, 2.45) is 0 Å². The molecule has 0 aromatic heterocycles. The van der Waals surface area contributed by atoms with Crippen molar-refractivity contribution >= 4 is 6.21 Å². The molecule has 0 bridgehead atoms. The fourth-order valence-electron chi connectivity index (χ4n) is 2.05. The van der Waals surface area contributed by atoms with Crippen LogP contribution in [0.1, 0.15) is 13.8 Å². The summed E-state index contributed by atoms with van der Waals surface area (Å²) in [6, 6.07) is -0.359. The zero-order valence-electron chi connectivity index (χ0n) is 9.71. The highest BCUT2D eigenvalue weighted by atomic mass is 16.8. The molecule has 16 heavy (non-hydrogen) atoms. The average Bonchev–Trinajstić information content (AvgIpc) is 2.60. The van der Waals surface area contributed by atoms with E-state index in [0.29, 0.717) is 0 Å². The second kappa shape index (κ2) is 4.29. The van der Waals surface area contributed by atoms with Crippen LogP contribution in [0, 0.1) is 5.21 Å². The van der Waals surface area contributed by atoms with E-state index in [9.17, 15) is 5.21 Å². The van der Waals surface area contributed by atoms with Crippen molar-refractivity contribution < 1.29 is 23.7 Å². The van der Waals surface area contributed by atoms with Gasteiger partial charge in [-0.2, -0.15) is 0 Å². The molecule has 2 aliphatic heterocycles. The molecule has 6 heteroatoms. The van der Waals surface area contributed by atoms with Crippen LogP contribution in [0.25, 0.3) is 0 Å². The molecular formula is C10H17NO5. The lowest BCUT2D eigenvalue weighted by molar-refractivity contribution is -0.506. The van der Waals surface area contributed by atoms with Crippen LogP contribution >= 0.6 is 0 Å². The fraction of sp³-hybridized carbons (Fsp3) is 0.900. The van der Waals surface area contributed by atoms with Crippen LogP contribution < -0.4 is 0 Å². The summed E-state index contributed by atoms with van der Waals surface area (Å²) in [5, 5.41) is 11.6. The van der Waals surface area contributed by atoms with E-state index in [1.54, 1.807) is 0 Å². The van der Waals surface area contributed by atoms with Gasteiger partial charge in [-0.25, -0.2) is 4.74 Å². The third-order valence-electron chi connectivity index (χ3n) is 2.65. The van der Waals surface area contributed by atoms with Gasteiger partial charge in [-0.05, 0) is 13.8 Å². The molecule has 2 aliphatic rings. The molecule has 0 amide bonds. The minimum atomic E-state index is -0.632. The highest BCUT2D eigenvalue weighted by molar-refractivity contribution is 5.61. The van der Waals surface area contributed by atoms with Gasteiger partial charge in [0.25, 0.3) is 0 Å². The number of fused-ring (bicyclic) bond motifs is 1. The number of ether oxygens (including phenoxy) is 4. The highest BCUT2D eigenvalue weighted by Gasteiger charge is 2.53. The number of methoxy groups -OCH3 is 1. The standard InChI is InChI=1S/C10H17NO5/c1-10(2)15-8-4-11(12)7(9(8)16-10)5-14-6-13-3/h4,7-9H,5-6H2,1-3H3/t7-,8+,9-/m0/s1. The zero-order valence-corrected chi connectivity index (χ0v) is 9.71. The highest BCUT2D eigenvalue weighted by Crippen LogP contribution is 2.32. The Hall–Kier alpha value is -0.690. The molecule has 92 valence electrons. The van der Waals surface area contributed by atoms with Crippen LogP contribution in [-0.4, -0.2) is 55.5 Å². The molecule has 0 unspecified atom stereocenters. The Morgan fingerprint density at radius 1 is 1.44 bits per heavy atom. The minimum Gasteiger partial charge on any atom is -0.624 e. The Morgan fingerprint density at radius 2 is 2.19 bits per heavy atom. The van der Waals surface area contributed by atoms with Crippen molar-refractivity contribution in [3.8, 4) is 0 Å². The van der Waals surface area contributed by atoms with Crippen molar-refractivity contribution in [2.75, 3.05) is 20.5 Å². The van der Waals surface area contributed by atoms with Crippen LogP contribution in [0.5, 0.6) is 0 Å².